The normalized spacial score (nSPS) is 32.5. The first-order valence-corrected chi connectivity index (χ1v) is 9.79. The summed E-state index contributed by atoms with van der Waals surface area (Å²) in [6.45, 7) is 4.19. The maximum Gasteiger partial charge on any atom is 0.0655 e. The van der Waals surface area contributed by atoms with E-state index in [2.05, 4.69) is 13.0 Å². The van der Waals surface area contributed by atoms with Crippen molar-refractivity contribution in [2.24, 2.45) is 23.7 Å². The molecule has 0 aromatic heterocycles. The fraction of sp³-hybridized carbons (Fsp3) is 0.950. The highest BCUT2D eigenvalue weighted by Gasteiger charge is 2.24. The molecule has 0 aromatic rings. The van der Waals surface area contributed by atoms with Crippen LogP contribution in [0.2, 0.25) is 0 Å². The van der Waals surface area contributed by atoms with Gasteiger partial charge in [-0.1, -0.05) is 39.0 Å². The third-order valence-electron chi connectivity index (χ3n) is 5.97. The second-order valence-corrected chi connectivity index (χ2v) is 7.74. The van der Waals surface area contributed by atoms with E-state index in [1.54, 1.807) is 0 Å². The quantitative estimate of drug-likeness (QED) is 0.537. The van der Waals surface area contributed by atoms with E-state index in [4.69, 9.17) is 10.00 Å². The first kappa shape index (κ1) is 17.8. The molecule has 2 aliphatic carbocycles. The third-order valence-corrected chi connectivity index (χ3v) is 5.97. The summed E-state index contributed by atoms with van der Waals surface area (Å²) in [7, 11) is 0. The summed E-state index contributed by atoms with van der Waals surface area (Å²) in [5, 5.41) is 8.97. The van der Waals surface area contributed by atoms with Gasteiger partial charge in [0.2, 0.25) is 0 Å². The predicted molar refractivity (Wildman–Crippen MR) is 91.5 cm³/mol. The van der Waals surface area contributed by atoms with Crippen molar-refractivity contribution in [2.45, 2.75) is 84.0 Å². The van der Waals surface area contributed by atoms with Crippen LogP contribution in [0, 0.1) is 35.0 Å². The monoisotopic (exact) mass is 305 g/mol. The minimum atomic E-state index is 0.361. The Bertz CT molecular complexity index is 319. The van der Waals surface area contributed by atoms with Crippen LogP contribution in [0.25, 0.3) is 0 Å². The smallest absolute Gasteiger partial charge is 0.0655 e. The average molecular weight is 306 g/mol. The van der Waals surface area contributed by atoms with Gasteiger partial charge in [-0.2, -0.15) is 5.26 Å². The first-order chi connectivity index (χ1) is 10.8. The van der Waals surface area contributed by atoms with E-state index in [0.29, 0.717) is 5.92 Å². The lowest BCUT2D eigenvalue weighted by molar-refractivity contribution is 0.0743. The molecule has 0 unspecified atom stereocenters. The molecule has 0 saturated heterocycles. The summed E-state index contributed by atoms with van der Waals surface area (Å²) in [4.78, 5) is 0. The van der Waals surface area contributed by atoms with Crippen molar-refractivity contribution < 1.29 is 4.74 Å². The maximum absolute atomic E-state index is 8.97. The Hall–Kier alpha value is -0.550. The maximum atomic E-state index is 8.97. The molecule has 2 rings (SSSR count). The summed E-state index contributed by atoms with van der Waals surface area (Å²) >= 11 is 0. The van der Waals surface area contributed by atoms with E-state index < -0.39 is 0 Å². The Morgan fingerprint density at radius 3 is 1.95 bits per heavy atom. The van der Waals surface area contributed by atoms with E-state index in [9.17, 15) is 0 Å². The van der Waals surface area contributed by atoms with Crippen LogP contribution in [0.3, 0.4) is 0 Å². The number of unbranched alkanes of at least 4 members (excludes halogenated alkanes) is 1. The molecule has 126 valence electrons. The molecule has 2 nitrogen and oxygen atoms in total. The lowest BCUT2D eigenvalue weighted by Gasteiger charge is -2.30. The Morgan fingerprint density at radius 1 is 0.864 bits per heavy atom. The van der Waals surface area contributed by atoms with Crippen LogP contribution >= 0.6 is 0 Å². The van der Waals surface area contributed by atoms with Gasteiger partial charge in [0.25, 0.3) is 0 Å². The van der Waals surface area contributed by atoms with Crippen LogP contribution < -0.4 is 0 Å². The molecule has 2 saturated carbocycles. The molecule has 2 fully saturated rings. The number of nitriles is 1. The molecule has 0 aromatic carbocycles. The molecule has 0 bridgehead atoms. The van der Waals surface area contributed by atoms with Crippen molar-refractivity contribution in [2.75, 3.05) is 13.2 Å². The van der Waals surface area contributed by atoms with Gasteiger partial charge < -0.3 is 4.74 Å². The van der Waals surface area contributed by atoms with E-state index in [1.165, 1.54) is 64.2 Å². The van der Waals surface area contributed by atoms with Crippen molar-refractivity contribution >= 4 is 0 Å². The molecular weight excluding hydrogens is 270 g/mol. The van der Waals surface area contributed by atoms with E-state index in [0.717, 1.165) is 43.8 Å². The van der Waals surface area contributed by atoms with Crippen LogP contribution in [0.15, 0.2) is 0 Å². The summed E-state index contributed by atoms with van der Waals surface area (Å²) in [6.07, 6.45) is 15.8. The van der Waals surface area contributed by atoms with Crippen LogP contribution in [-0.4, -0.2) is 13.2 Å². The van der Waals surface area contributed by atoms with Crippen molar-refractivity contribution in [1.29, 1.82) is 5.26 Å². The summed E-state index contributed by atoms with van der Waals surface area (Å²) < 4.78 is 5.80. The summed E-state index contributed by atoms with van der Waals surface area (Å²) in [6, 6.07) is 2.45. The Balaban J connectivity index is 1.52. The van der Waals surface area contributed by atoms with E-state index >= 15 is 0 Å². The number of nitrogens with zero attached hydrogens (tertiary/aromatic N) is 1. The Labute approximate surface area is 137 Å². The average Bonchev–Trinajstić information content (AvgIpc) is 2.58. The largest absolute Gasteiger partial charge is 0.381 e. The van der Waals surface area contributed by atoms with Gasteiger partial charge in [0.15, 0.2) is 0 Å². The Kier molecular flexibility index (Phi) is 8.31. The van der Waals surface area contributed by atoms with Crippen LogP contribution in [0.4, 0.5) is 0 Å². The lowest BCUT2D eigenvalue weighted by Crippen LogP contribution is -2.20. The fourth-order valence-electron chi connectivity index (χ4n) is 4.23. The van der Waals surface area contributed by atoms with Gasteiger partial charge >= 0.3 is 0 Å². The lowest BCUT2D eigenvalue weighted by atomic mass is 9.76. The molecule has 0 spiro atoms. The highest BCUT2D eigenvalue weighted by molar-refractivity contribution is 4.87. The second kappa shape index (κ2) is 10.3. The number of ether oxygens (including phenoxy) is 1. The molecular formula is C20H35NO. The first-order valence-electron chi connectivity index (χ1n) is 9.79. The molecule has 2 heteroatoms. The standard InChI is InChI=1S/C20H35NO/c1-2-3-14-22-16-20-12-8-18(9-13-20)5-4-17-6-10-19(15-21)11-7-17/h17-20H,2-14,16H2,1H3. The number of hydrogen-bond donors (Lipinski definition) is 0. The minimum absolute atomic E-state index is 0.361. The van der Waals surface area contributed by atoms with Crippen LogP contribution in [-0.2, 0) is 4.74 Å². The second-order valence-electron chi connectivity index (χ2n) is 7.74. The van der Waals surface area contributed by atoms with E-state index in [1.807, 2.05) is 0 Å². The third kappa shape index (κ3) is 6.29. The molecule has 0 heterocycles. The summed E-state index contributed by atoms with van der Waals surface area (Å²) in [5.74, 6) is 3.08. The number of rotatable bonds is 8. The van der Waals surface area contributed by atoms with Gasteiger partial charge in [0, 0.05) is 19.1 Å². The molecule has 0 N–H and O–H groups in total. The minimum Gasteiger partial charge on any atom is -0.381 e. The van der Waals surface area contributed by atoms with Gasteiger partial charge in [-0.3, -0.25) is 0 Å². The van der Waals surface area contributed by atoms with E-state index in [-0.39, 0.29) is 0 Å². The molecule has 0 atom stereocenters. The van der Waals surface area contributed by atoms with Gasteiger partial charge in [-0.25, -0.2) is 0 Å². The topological polar surface area (TPSA) is 33.0 Å². The zero-order valence-electron chi connectivity index (χ0n) is 14.6. The van der Waals surface area contributed by atoms with Crippen LogP contribution in [0.5, 0.6) is 0 Å². The van der Waals surface area contributed by atoms with Crippen LogP contribution in [0.1, 0.15) is 84.0 Å². The summed E-state index contributed by atoms with van der Waals surface area (Å²) in [5.41, 5.74) is 0. The molecule has 2 aliphatic rings. The number of hydrogen-bond acceptors (Lipinski definition) is 2. The van der Waals surface area contributed by atoms with Gasteiger partial charge in [-0.15, -0.1) is 0 Å². The fourth-order valence-corrected chi connectivity index (χ4v) is 4.23. The highest BCUT2D eigenvalue weighted by Crippen LogP contribution is 2.36. The van der Waals surface area contributed by atoms with Crippen molar-refractivity contribution in [3.8, 4) is 6.07 Å². The highest BCUT2D eigenvalue weighted by atomic mass is 16.5. The molecule has 22 heavy (non-hydrogen) atoms. The predicted octanol–water partition coefficient (Wildman–Crippen LogP) is 5.72. The van der Waals surface area contributed by atoms with Crippen molar-refractivity contribution in [1.82, 2.24) is 0 Å². The Morgan fingerprint density at radius 2 is 1.41 bits per heavy atom. The van der Waals surface area contributed by atoms with Gasteiger partial charge in [0.05, 0.1) is 6.07 Å². The molecule has 0 amide bonds. The van der Waals surface area contributed by atoms with Crippen molar-refractivity contribution in [3.05, 3.63) is 0 Å². The van der Waals surface area contributed by atoms with Gasteiger partial charge in [-0.05, 0) is 62.7 Å². The zero-order valence-corrected chi connectivity index (χ0v) is 14.6. The molecule has 0 aliphatic heterocycles. The van der Waals surface area contributed by atoms with Crippen molar-refractivity contribution in [3.63, 3.8) is 0 Å². The van der Waals surface area contributed by atoms with Gasteiger partial charge in [0.1, 0.15) is 0 Å². The SMILES string of the molecule is CCCCOCC1CCC(CCC2CCC(C#N)CC2)CC1. The zero-order chi connectivity index (χ0) is 15.6. The molecule has 0 radical (unpaired) electrons.